The van der Waals surface area contributed by atoms with E-state index in [9.17, 15) is 4.79 Å². The highest BCUT2D eigenvalue weighted by atomic mass is 35.5. The molecule has 0 spiro atoms. The summed E-state index contributed by atoms with van der Waals surface area (Å²) in [6.45, 7) is 2.74. The first-order chi connectivity index (χ1) is 5.24. The first-order valence-corrected chi connectivity index (χ1v) is 4.23. The van der Waals surface area contributed by atoms with Gasteiger partial charge in [-0.2, -0.15) is 0 Å². The molecule has 0 aromatic heterocycles. The second-order valence-electron chi connectivity index (χ2n) is 3.28. The highest BCUT2D eigenvalue weighted by Gasteiger charge is 2.21. The quantitative estimate of drug-likeness (QED) is 0.676. The van der Waals surface area contributed by atoms with Crippen molar-refractivity contribution in [3.63, 3.8) is 0 Å². The van der Waals surface area contributed by atoms with Crippen LogP contribution in [-0.4, -0.2) is 18.5 Å². The van der Waals surface area contributed by atoms with Crippen molar-refractivity contribution in [1.82, 2.24) is 5.32 Å². The van der Waals surface area contributed by atoms with Crippen LogP contribution in [0, 0.1) is 5.92 Å². The Morgan fingerprint density at radius 2 is 2.42 bits per heavy atom. The van der Waals surface area contributed by atoms with E-state index in [1.54, 1.807) is 0 Å². The Labute approximate surface area is 79.5 Å². The predicted octanol–water partition coefficient (Wildman–Crippen LogP) is 0.672. The molecule has 0 saturated carbocycles. The number of hydrogen-bond donors (Lipinski definition) is 2. The normalized spacial score (nSPS) is 25.5. The van der Waals surface area contributed by atoms with Crippen molar-refractivity contribution >= 4 is 18.3 Å². The van der Waals surface area contributed by atoms with Crippen molar-refractivity contribution in [2.24, 2.45) is 11.7 Å². The minimum Gasteiger partial charge on any atom is -0.353 e. The van der Waals surface area contributed by atoms with Gasteiger partial charge in [-0.25, -0.2) is 0 Å². The zero-order valence-corrected chi connectivity index (χ0v) is 8.19. The molecule has 1 amide bonds. The summed E-state index contributed by atoms with van der Waals surface area (Å²) in [5.41, 5.74) is 5.50. The lowest BCUT2D eigenvalue weighted by Crippen LogP contribution is -2.44. The minimum absolute atomic E-state index is 0. The fourth-order valence-corrected chi connectivity index (χ4v) is 1.42. The summed E-state index contributed by atoms with van der Waals surface area (Å²) in [7, 11) is 0. The van der Waals surface area contributed by atoms with Crippen LogP contribution in [0.15, 0.2) is 0 Å². The van der Waals surface area contributed by atoms with Crippen LogP contribution in [0.5, 0.6) is 0 Å². The molecule has 1 aliphatic rings. The van der Waals surface area contributed by atoms with Crippen LogP contribution < -0.4 is 11.1 Å². The van der Waals surface area contributed by atoms with Crippen LogP contribution in [0.1, 0.15) is 26.2 Å². The molecule has 3 N–H and O–H groups in total. The molecule has 0 aromatic rings. The summed E-state index contributed by atoms with van der Waals surface area (Å²) in [5.74, 6) is 0.598. The molecule has 0 aromatic carbocycles. The van der Waals surface area contributed by atoms with Gasteiger partial charge in [-0.3, -0.25) is 4.79 Å². The van der Waals surface area contributed by atoms with E-state index < -0.39 is 0 Å². The smallest absolute Gasteiger partial charge is 0.220 e. The van der Waals surface area contributed by atoms with Gasteiger partial charge in [0.1, 0.15) is 0 Å². The molecule has 1 rings (SSSR count). The Morgan fingerprint density at radius 3 is 2.92 bits per heavy atom. The van der Waals surface area contributed by atoms with Gasteiger partial charge in [0.2, 0.25) is 5.91 Å². The number of piperidine rings is 1. The van der Waals surface area contributed by atoms with E-state index >= 15 is 0 Å². The molecular weight excluding hydrogens is 176 g/mol. The van der Waals surface area contributed by atoms with E-state index in [1.807, 2.05) is 0 Å². The van der Waals surface area contributed by atoms with E-state index in [2.05, 4.69) is 12.2 Å². The van der Waals surface area contributed by atoms with Gasteiger partial charge in [-0.05, 0) is 25.3 Å². The Hall–Kier alpha value is -0.280. The Morgan fingerprint density at radius 1 is 1.75 bits per heavy atom. The SMILES string of the molecule is CC(CN)C1CCCC(=O)N1.Cl. The summed E-state index contributed by atoms with van der Waals surface area (Å²) in [4.78, 5) is 10.9. The van der Waals surface area contributed by atoms with Crippen molar-refractivity contribution in [3.05, 3.63) is 0 Å². The first kappa shape index (κ1) is 11.7. The van der Waals surface area contributed by atoms with Crippen molar-refractivity contribution in [2.45, 2.75) is 32.2 Å². The lowest BCUT2D eigenvalue weighted by atomic mass is 9.93. The summed E-state index contributed by atoms with van der Waals surface area (Å²) in [6.07, 6.45) is 2.79. The number of carbonyl (C=O) groups excluding carboxylic acids is 1. The standard InChI is InChI=1S/C8H16N2O.ClH/c1-6(5-9)7-3-2-4-8(11)10-7;/h6-7H,2-5,9H2,1H3,(H,10,11);1H. The van der Waals surface area contributed by atoms with Crippen molar-refractivity contribution < 1.29 is 4.79 Å². The zero-order valence-electron chi connectivity index (χ0n) is 7.38. The van der Waals surface area contributed by atoms with Crippen LogP contribution in [-0.2, 0) is 4.79 Å². The first-order valence-electron chi connectivity index (χ1n) is 4.23. The Balaban J connectivity index is 0.00000121. The highest BCUT2D eigenvalue weighted by molar-refractivity contribution is 5.85. The molecule has 12 heavy (non-hydrogen) atoms. The number of halogens is 1. The third kappa shape index (κ3) is 2.99. The van der Waals surface area contributed by atoms with E-state index in [-0.39, 0.29) is 18.3 Å². The van der Waals surface area contributed by atoms with Gasteiger partial charge in [0.15, 0.2) is 0 Å². The second kappa shape index (κ2) is 5.38. The number of nitrogens with two attached hydrogens (primary N) is 1. The average molecular weight is 193 g/mol. The van der Waals surface area contributed by atoms with Gasteiger partial charge in [0, 0.05) is 12.5 Å². The van der Waals surface area contributed by atoms with Gasteiger partial charge in [-0.1, -0.05) is 6.92 Å². The van der Waals surface area contributed by atoms with E-state index in [0.717, 1.165) is 12.8 Å². The number of rotatable bonds is 2. The van der Waals surface area contributed by atoms with Gasteiger partial charge in [0.05, 0.1) is 0 Å². The van der Waals surface area contributed by atoms with Gasteiger partial charge in [0.25, 0.3) is 0 Å². The summed E-state index contributed by atoms with van der Waals surface area (Å²) in [6, 6.07) is 0.321. The molecule has 1 heterocycles. The molecule has 0 radical (unpaired) electrons. The number of carbonyl (C=O) groups is 1. The van der Waals surface area contributed by atoms with E-state index in [4.69, 9.17) is 5.73 Å². The van der Waals surface area contributed by atoms with E-state index in [1.165, 1.54) is 0 Å². The lowest BCUT2D eigenvalue weighted by molar-refractivity contribution is -0.123. The Kier molecular flexibility index (Phi) is 5.25. The van der Waals surface area contributed by atoms with Crippen molar-refractivity contribution in [3.8, 4) is 0 Å². The van der Waals surface area contributed by atoms with Crippen LogP contribution in [0.3, 0.4) is 0 Å². The Bertz CT molecular complexity index is 152. The topological polar surface area (TPSA) is 55.1 Å². The maximum atomic E-state index is 10.9. The molecule has 0 aliphatic carbocycles. The monoisotopic (exact) mass is 192 g/mol. The number of amides is 1. The maximum absolute atomic E-state index is 10.9. The third-order valence-electron chi connectivity index (χ3n) is 2.32. The van der Waals surface area contributed by atoms with Crippen LogP contribution in [0.25, 0.3) is 0 Å². The summed E-state index contributed by atoms with van der Waals surface area (Å²) in [5, 5.41) is 2.95. The fraction of sp³-hybridized carbons (Fsp3) is 0.875. The minimum atomic E-state index is 0. The van der Waals surface area contributed by atoms with Gasteiger partial charge in [-0.15, -0.1) is 12.4 Å². The largest absolute Gasteiger partial charge is 0.353 e. The molecule has 1 aliphatic heterocycles. The molecule has 0 bridgehead atoms. The molecule has 72 valence electrons. The molecule has 3 nitrogen and oxygen atoms in total. The van der Waals surface area contributed by atoms with Gasteiger partial charge < -0.3 is 11.1 Å². The van der Waals surface area contributed by atoms with Crippen molar-refractivity contribution in [2.75, 3.05) is 6.54 Å². The van der Waals surface area contributed by atoms with Crippen molar-refractivity contribution in [1.29, 1.82) is 0 Å². The third-order valence-corrected chi connectivity index (χ3v) is 2.32. The molecule has 1 saturated heterocycles. The molecule has 4 heteroatoms. The maximum Gasteiger partial charge on any atom is 0.220 e. The lowest BCUT2D eigenvalue weighted by Gasteiger charge is -2.27. The molecule has 2 unspecified atom stereocenters. The number of hydrogen-bond acceptors (Lipinski definition) is 2. The summed E-state index contributed by atoms with van der Waals surface area (Å²) < 4.78 is 0. The zero-order chi connectivity index (χ0) is 8.27. The van der Waals surface area contributed by atoms with Crippen LogP contribution >= 0.6 is 12.4 Å². The highest BCUT2D eigenvalue weighted by Crippen LogP contribution is 2.14. The van der Waals surface area contributed by atoms with E-state index in [0.29, 0.717) is 24.9 Å². The molecule has 1 fully saturated rings. The fourth-order valence-electron chi connectivity index (χ4n) is 1.42. The second-order valence-corrected chi connectivity index (χ2v) is 3.28. The molecule has 2 atom stereocenters. The average Bonchev–Trinajstić information content (AvgIpc) is 2.03. The predicted molar refractivity (Wildman–Crippen MR) is 51.2 cm³/mol. The van der Waals surface area contributed by atoms with Gasteiger partial charge >= 0.3 is 0 Å². The summed E-state index contributed by atoms with van der Waals surface area (Å²) >= 11 is 0. The number of nitrogens with one attached hydrogen (secondary N) is 1. The van der Waals surface area contributed by atoms with Crippen LogP contribution in [0.2, 0.25) is 0 Å². The van der Waals surface area contributed by atoms with Crippen LogP contribution in [0.4, 0.5) is 0 Å². The molecular formula is C8H17ClN2O.